The second-order valence-electron chi connectivity index (χ2n) is 9.93. The molecule has 5 rings (SSSR count). The van der Waals surface area contributed by atoms with Gasteiger partial charge in [-0.05, 0) is 56.0 Å². The third-order valence-electron chi connectivity index (χ3n) is 7.38. The van der Waals surface area contributed by atoms with Gasteiger partial charge >= 0.3 is 5.69 Å². The number of hydrogen-bond donors (Lipinski definition) is 1. The van der Waals surface area contributed by atoms with Crippen LogP contribution in [0.15, 0.2) is 89.7 Å². The SMILES string of the molecule is C[C@@H](CN1CCCC(n2c(=O)[nH]c3ccccc32)CC1)N(Cc1ccccc1)Cc1ccccc1. The average molecular weight is 469 g/mol. The van der Waals surface area contributed by atoms with Crippen LogP contribution in [0.5, 0.6) is 0 Å². The molecule has 4 aromatic rings. The number of fused-ring (bicyclic) bond motifs is 1. The summed E-state index contributed by atoms with van der Waals surface area (Å²) in [6.07, 6.45) is 3.16. The van der Waals surface area contributed by atoms with Crippen LogP contribution in [0.3, 0.4) is 0 Å². The quantitative estimate of drug-likeness (QED) is 0.374. The highest BCUT2D eigenvalue weighted by atomic mass is 16.1. The van der Waals surface area contributed by atoms with Gasteiger partial charge in [-0.2, -0.15) is 0 Å². The number of benzene rings is 3. The Morgan fingerprint density at radius 3 is 2.17 bits per heavy atom. The number of imidazole rings is 1. The minimum atomic E-state index is 0.0231. The Morgan fingerprint density at radius 1 is 0.857 bits per heavy atom. The maximum atomic E-state index is 12.7. The molecule has 0 bridgehead atoms. The molecule has 0 amide bonds. The number of hydrogen-bond acceptors (Lipinski definition) is 3. The Bertz CT molecular complexity index is 1220. The number of aromatic amines is 1. The van der Waals surface area contributed by atoms with Crippen molar-refractivity contribution in [3.05, 3.63) is 107 Å². The minimum absolute atomic E-state index is 0.0231. The lowest BCUT2D eigenvalue weighted by Gasteiger charge is -2.33. The lowest BCUT2D eigenvalue weighted by Crippen LogP contribution is -2.42. The van der Waals surface area contributed by atoms with Crippen LogP contribution in [0.1, 0.15) is 43.4 Å². The molecule has 0 saturated carbocycles. The highest BCUT2D eigenvalue weighted by Crippen LogP contribution is 2.25. The molecule has 0 radical (unpaired) electrons. The number of likely N-dealkylation sites (tertiary alicyclic amines) is 1. The predicted octanol–water partition coefficient (Wildman–Crippen LogP) is 5.45. The molecule has 1 aliphatic heterocycles. The Hall–Kier alpha value is -3.15. The molecule has 1 aromatic heterocycles. The minimum Gasteiger partial charge on any atom is -0.306 e. The largest absolute Gasteiger partial charge is 0.326 e. The van der Waals surface area contributed by atoms with E-state index in [4.69, 9.17) is 0 Å². The van der Waals surface area contributed by atoms with E-state index in [1.54, 1.807) is 0 Å². The van der Waals surface area contributed by atoms with Crippen LogP contribution < -0.4 is 5.69 Å². The zero-order valence-corrected chi connectivity index (χ0v) is 20.6. The highest BCUT2D eigenvalue weighted by molar-refractivity contribution is 5.75. The van der Waals surface area contributed by atoms with Crippen molar-refractivity contribution in [1.82, 2.24) is 19.4 Å². The van der Waals surface area contributed by atoms with E-state index < -0.39 is 0 Å². The predicted molar refractivity (Wildman–Crippen MR) is 143 cm³/mol. The zero-order valence-electron chi connectivity index (χ0n) is 20.6. The molecule has 1 unspecified atom stereocenters. The fourth-order valence-corrected chi connectivity index (χ4v) is 5.51. The number of H-pyrrole nitrogens is 1. The van der Waals surface area contributed by atoms with Crippen molar-refractivity contribution < 1.29 is 0 Å². The lowest BCUT2D eigenvalue weighted by molar-refractivity contribution is 0.136. The summed E-state index contributed by atoms with van der Waals surface area (Å²) in [5.41, 5.74) is 4.69. The van der Waals surface area contributed by atoms with Crippen LogP contribution in [0.25, 0.3) is 11.0 Å². The van der Waals surface area contributed by atoms with Crippen molar-refractivity contribution in [3.8, 4) is 0 Å². The van der Waals surface area contributed by atoms with E-state index in [0.717, 1.165) is 63.0 Å². The first-order chi connectivity index (χ1) is 17.2. The highest BCUT2D eigenvalue weighted by Gasteiger charge is 2.24. The summed E-state index contributed by atoms with van der Waals surface area (Å²) in [4.78, 5) is 21.0. The van der Waals surface area contributed by atoms with Gasteiger partial charge in [0.1, 0.15) is 0 Å². The summed E-state index contributed by atoms with van der Waals surface area (Å²) < 4.78 is 2.00. The van der Waals surface area contributed by atoms with Crippen LogP contribution >= 0.6 is 0 Å². The van der Waals surface area contributed by atoms with Crippen LogP contribution in [0, 0.1) is 0 Å². The number of nitrogens with one attached hydrogen (secondary N) is 1. The Morgan fingerprint density at radius 2 is 1.49 bits per heavy atom. The summed E-state index contributed by atoms with van der Waals surface area (Å²) in [6.45, 7) is 7.39. The van der Waals surface area contributed by atoms with E-state index in [0.29, 0.717) is 6.04 Å². The first-order valence-electron chi connectivity index (χ1n) is 12.9. The summed E-state index contributed by atoms with van der Waals surface area (Å²) in [7, 11) is 0. The fraction of sp³-hybridized carbons (Fsp3) is 0.367. The third-order valence-corrected chi connectivity index (χ3v) is 7.38. The monoisotopic (exact) mass is 468 g/mol. The molecule has 5 heteroatoms. The maximum Gasteiger partial charge on any atom is 0.326 e. The van der Waals surface area contributed by atoms with Gasteiger partial charge in [-0.25, -0.2) is 4.79 Å². The lowest BCUT2D eigenvalue weighted by atomic mass is 10.1. The molecule has 5 nitrogen and oxygen atoms in total. The van der Waals surface area contributed by atoms with E-state index in [2.05, 4.69) is 88.4 Å². The molecular formula is C30H36N4O. The topological polar surface area (TPSA) is 44.3 Å². The van der Waals surface area contributed by atoms with Gasteiger partial charge in [0.2, 0.25) is 0 Å². The summed E-state index contributed by atoms with van der Waals surface area (Å²) >= 11 is 0. The third kappa shape index (κ3) is 5.75. The normalized spacial score (nSPS) is 18.1. The van der Waals surface area contributed by atoms with Crippen LogP contribution in [0.2, 0.25) is 0 Å². The van der Waals surface area contributed by atoms with Crippen molar-refractivity contribution in [2.75, 3.05) is 19.6 Å². The van der Waals surface area contributed by atoms with Crippen LogP contribution in [0.4, 0.5) is 0 Å². The van der Waals surface area contributed by atoms with Gasteiger partial charge in [-0.15, -0.1) is 0 Å². The molecule has 3 aromatic carbocycles. The molecule has 1 N–H and O–H groups in total. The van der Waals surface area contributed by atoms with Gasteiger partial charge in [-0.1, -0.05) is 72.8 Å². The summed E-state index contributed by atoms with van der Waals surface area (Å²) in [5.74, 6) is 0. The van der Waals surface area contributed by atoms with Crippen molar-refractivity contribution in [3.63, 3.8) is 0 Å². The van der Waals surface area contributed by atoms with Gasteiger partial charge in [0.25, 0.3) is 0 Å². The molecule has 1 saturated heterocycles. The van der Waals surface area contributed by atoms with Crippen LogP contribution in [-0.4, -0.2) is 45.0 Å². The number of aromatic nitrogens is 2. The average Bonchev–Trinajstić information content (AvgIpc) is 3.05. The molecule has 2 atom stereocenters. The Labute approximate surface area is 208 Å². The van der Waals surface area contributed by atoms with E-state index in [1.165, 1.54) is 11.1 Å². The van der Waals surface area contributed by atoms with Crippen molar-refractivity contribution >= 4 is 11.0 Å². The van der Waals surface area contributed by atoms with E-state index in [9.17, 15) is 4.79 Å². The second kappa shape index (κ2) is 11.1. The number of nitrogens with zero attached hydrogens (tertiary/aromatic N) is 3. The van der Waals surface area contributed by atoms with Gasteiger partial charge in [0, 0.05) is 38.3 Å². The molecule has 1 fully saturated rings. The van der Waals surface area contributed by atoms with Gasteiger partial charge < -0.3 is 9.88 Å². The maximum absolute atomic E-state index is 12.7. The first kappa shape index (κ1) is 23.6. The molecular weight excluding hydrogens is 432 g/mol. The van der Waals surface area contributed by atoms with Gasteiger partial charge in [-0.3, -0.25) is 9.47 Å². The molecule has 182 valence electrons. The summed E-state index contributed by atoms with van der Waals surface area (Å²) in [5, 5.41) is 0. The molecule has 0 spiro atoms. The zero-order chi connectivity index (χ0) is 24.0. The smallest absolute Gasteiger partial charge is 0.306 e. The Kier molecular flexibility index (Phi) is 7.45. The van der Waals surface area contributed by atoms with E-state index in [-0.39, 0.29) is 11.7 Å². The number of rotatable bonds is 8. The first-order valence-corrected chi connectivity index (χ1v) is 12.9. The molecule has 0 aliphatic carbocycles. The van der Waals surface area contributed by atoms with Crippen molar-refractivity contribution in [2.24, 2.45) is 0 Å². The Balaban J connectivity index is 1.27. The van der Waals surface area contributed by atoms with Gasteiger partial charge in [0.15, 0.2) is 0 Å². The van der Waals surface area contributed by atoms with Crippen molar-refractivity contribution in [1.29, 1.82) is 0 Å². The second-order valence-corrected chi connectivity index (χ2v) is 9.93. The van der Waals surface area contributed by atoms with Gasteiger partial charge in [0.05, 0.1) is 11.0 Å². The standard InChI is InChI=1S/C30H36N4O/c1-24(33(22-25-11-4-2-5-12-25)23-26-13-6-3-7-14-26)21-32-19-10-15-27(18-20-32)34-29-17-9-8-16-28(29)31-30(34)35/h2-9,11-14,16-17,24,27H,10,15,18-23H2,1H3,(H,31,35)/t24-,27?/m0/s1. The molecule has 1 aliphatic rings. The van der Waals surface area contributed by atoms with Crippen LogP contribution in [-0.2, 0) is 13.1 Å². The van der Waals surface area contributed by atoms with E-state index >= 15 is 0 Å². The fourth-order valence-electron chi connectivity index (χ4n) is 5.51. The summed E-state index contributed by atoms with van der Waals surface area (Å²) in [6, 6.07) is 30.3. The van der Waals surface area contributed by atoms with Crippen molar-refractivity contribution in [2.45, 2.75) is 51.4 Å². The van der Waals surface area contributed by atoms with E-state index in [1.807, 2.05) is 22.8 Å². The molecule has 2 heterocycles. The molecule has 35 heavy (non-hydrogen) atoms. The number of para-hydroxylation sites is 2.